The summed E-state index contributed by atoms with van der Waals surface area (Å²) in [4.78, 5) is 33.5. The molecule has 2 aromatic rings. The standard InChI is InChI=1S/C13H10ClN3O4S/c14-9-3-1-8(2-4-9)7-11(18)15-16-13(19)10-5-6-12(22-10)17(20)21/h1-6H,7H2,(H,15,18)(H,16,19). The molecule has 7 nitrogen and oxygen atoms in total. The highest BCUT2D eigenvalue weighted by atomic mass is 35.5. The third kappa shape index (κ3) is 4.27. The van der Waals surface area contributed by atoms with Crippen LogP contribution in [-0.2, 0) is 11.2 Å². The number of halogens is 1. The van der Waals surface area contributed by atoms with Gasteiger partial charge in [0.25, 0.3) is 5.91 Å². The van der Waals surface area contributed by atoms with Crippen LogP contribution in [0.15, 0.2) is 36.4 Å². The van der Waals surface area contributed by atoms with Crippen LogP contribution in [0, 0.1) is 10.1 Å². The molecule has 0 fully saturated rings. The van der Waals surface area contributed by atoms with Crippen molar-refractivity contribution in [1.82, 2.24) is 10.9 Å². The maximum atomic E-state index is 11.7. The molecule has 2 N–H and O–H groups in total. The largest absolute Gasteiger partial charge is 0.324 e. The van der Waals surface area contributed by atoms with Crippen LogP contribution in [0.1, 0.15) is 15.2 Å². The second-order valence-corrected chi connectivity index (χ2v) is 5.70. The Labute approximate surface area is 134 Å². The highest BCUT2D eigenvalue weighted by molar-refractivity contribution is 7.17. The monoisotopic (exact) mass is 339 g/mol. The molecule has 0 spiro atoms. The molecule has 2 amide bonds. The van der Waals surface area contributed by atoms with Crippen LogP contribution in [0.4, 0.5) is 5.00 Å². The number of amides is 2. The number of hydrogen-bond acceptors (Lipinski definition) is 5. The first kappa shape index (κ1) is 15.9. The lowest BCUT2D eigenvalue weighted by atomic mass is 10.1. The van der Waals surface area contributed by atoms with E-state index < -0.39 is 16.7 Å². The molecule has 1 heterocycles. The zero-order chi connectivity index (χ0) is 16.1. The van der Waals surface area contributed by atoms with E-state index in [4.69, 9.17) is 11.6 Å². The predicted molar refractivity (Wildman–Crippen MR) is 81.7 cm³/mol. The predicted octanol–water partition coefficient (Wildman–Crippen LogP) is 2.31. The van der Waals surface area contributed by atoms with Crippen LogP contribution >= 0.6 is 22.9 Å². The molecule has 2 rings (SSSR count). The van der Waals surface area contributed by atoms with E-state index in [1.54, 1.807) is 24.3 Å². The number of rotatable bonds is 4. The van der Waals surface area contributed by atoms with Gasteiger partial charge in [-0.25, -0.2) is 0 Å². The van der Waals surface area contributed by atoms with Crippen molar-refractivity contribution in [2.45, 2.75) is 6.42 Å². The van der Waals surface area contributed by atoms with Crippen LogP contribution in [0.5, 0.6) is 0 Å². The quantitative estimate of drug-likeness (QED) is 0.659. The minimum absolute atomic E-state index is 0.0715. The van der Waals surface area contributed by atoms with Crippen LogP contribution in [0.3, 0.4) is 0 Å². The molecule has 0 saturated heterocycles. The van der Waals surface area contributed by atoms with Gasteiger partial charge in [0.1, 0.15) is 4.88 Å². The smallest absolute Gasteiger partial charge is 0.273 e. The van der Waals surface area contributed by atoms with Gasteiger partial charge in [-0.3, -0.25) is 30.6 Å². The number of nitro groups is 1. The normalized spacial score (nSPS) is 10.0. The third-order valence-electron chi connectivity index (χ3n) is 2.59. The van der Waals surface area contributed by atoms with Gasteiger partial charge in [-0.05, 0) is 23.8 Å². The van der Waals surface area contributed by atoms with Crippen molar-refractivity contribution in [2.75, 3.05) is 0 Å². The van der Waals surface area contributed by atoms with E-state index in [0.29, 0.717) is 5.02 Å². The van der Waals surface area contributed by atoms with E-state index >= 15 is 0 Å². The van der Waals surface area contributed by atoms with Crippen LogP contribution < -0.4 is 10.9 Å². The molecule has 0 aliphatic heterocycles. The molecule has 0 unspecified atom stereocenters. The Morgan fingerprint density at radius 1 is 1.14 bits per heavy atom. The summed E-state index contributed by atoms with van der Waals surface area (Å²) in [6.45, 7) is 0. The molecule has 0 radical (unpaired) electrons. The van der Waals surface area contributed by atoms with Crippen molar-refractivity contribution >= 4 is 39.8 Å². The van der Waals surface area contributed by atoms with Gasteiger partial charge >= 0.3 is 5.00 Å². The fourth-order valence-electron chi connectivity index (χ4n) is 1.57. The maximum absolute atomic E-state index is 11.7. The van der Waals surface area contributed by atoms with Gasteiger partial charge in [0.15, 0.2) is 0 Å². The average molecular weight is 340 g/mol. The molecule has 0 atom stereocenters. The molecule has 0 bridgehead atoms. The Morgan fingerprint density at radius 3 is 2.41 bits per heavy atom. The van der Waals surface area contributed by atoms with Gasteiger partial charge < -0.3 is 0 Å². The highest BCUT2D eigenvalue weighted by Gasteiger charge is 2.15. The second-order valence-electron chi connectivity index (χ2n) is 4.20. The van der Waals surface area contributed by atoms with E-state index in [1.807, 2.05) is 0 Å². The maximum Gasteiger partial charge on any atom is 0.324 e. The van der Waals surface area contributed by atoms with Gasteiger partial charge in [0.2, 0.25) is 5.91 Å². The fraction of sp³-hybridized carbons (Fsp3) is 0.0769. The van der Waals surface area contributed by atoms with Crippen LogP contribution in [0.25, 0.3) is 0 Å². The Morgan fingerprint density at radius 2 is 1.82 bits per heavy atom. The number of carbonyl (C=O) groups is 2. The summed E-state index contributed by atoms with van der Waals surface area (Å²) in [6.07, 6.45) is 0.0715. The third-order valence-corrected chi connectivity index (χ3v) is 3.88. The molecule has 1 aromatic carbocycles. The number of nitrogens with one attached hydrogen (secondary N) is 2. The Kier molecular flexibility index (Phi) is 5.08. The number of carbonyl (C=O) groups excluding carboxylic acids is 2. The van der Waals surface area contributed by atoms with Crippen molar-refractivity contribution in [2.24, 2.45) is 0 Å². The summed E-state index contributed by atoms with van der Waals surface area (Å²) < 4.78 is 0. The Bertz CT molecular complexity index is 714. The van der Waals surface area contributed by atoms with Crippen molar-refractivity contribution in [1.29, 1.82) is 0 Å². The molecule has 0 aliphatic carbocycles. The van der Waals surface area contributed by atoms with Gasteiger partial charge in [-0.2, -0.15) is 0 Å². The SMILES string of the molecule is O=C(Cc1ccc(Cl)cc1)NNC(=O)c1ccc([N+](=O)[O-])s1. The van der Waals surface area contributed by atoms with E-state index in [2.05, 4.69) is 10.9 Å². The van der Waals surface area contributed by atoms with Crippen LogP contribution in [0.2, 0.25) is 5.02 Å². The molecule has 9 heteroatoms. The first-order valence-electron chi connectivity index (χ1n) is 6.03. The van der Waals surface area contributed by atoms with Gasteiger partial charge in [-0.1, -0.05) is 35.1 Å². The number of nitrogens with zero attached hydrogens (tertiary/aromatic N) is 1. The number of hydrazine groups is 1. The van der Waals surface area contributed by atoms with Gasteiger partial charge in [0.05, 0.1) is 11.3 Å². The van der Waals surface area contributed by atoms with Crippen molar-refractivity contribution in [3.63, 3.8) is 0 Å². The molecule has 22 heavy (non-hydrogen) atoms. The fourth-order valence-corrected chi connectivity index (χ4v) is 2.41. The Hall–Kier alpha value is -2.45. The lowest BCUT2D eigenvalue weighted by molar-refractivity contribution is -0.380. The summed E-state index contributed by atoms with van der Waals surface area (Å²) >= 11 is 6.47. The lowest BCUT2D eigenvalue weighted by Gasteiger charge is -2.06. The zero-order valence-corrected chi connectivity index (χ0v) is 12.6. The second kappa shape index (κ2) is 7.01. The van der Waals surface area contributed by atoms with E-state index in [-0.39, 0.29) is 16.3 Å². The first-order valence-corrected chi connectivity index (χ1v) is 7.23. The minimum Gasteiger partial charge on any atom is -0.273 e. The van der Waals surface area contributed by atoms with Crippen molar-refractivity contribution < 1.29 is 14.5 Å². The topological polar surface area (TPSA) is 101 Å². The average Bonchev–Trinajstić information content (AvgIpc) is 2.97. The minimum atomic E-state index is -0.609. The molecule has 0 aliphatic rings. The van der Waals surface area contributed by atoms with E-state index in [1.165, 1.54) is 12.1 Å². The summed E-state index contributed by atoms with van der Waals surface area (Å²) in [5.41, 5.74) is 5.19. The van der Waals surface area contributed by atoms with Gasteiger partial charge in [-0.15, -0.1) is 0 Å². The van der Waals surface area contributed by atoms with E-state index in [0.717, 1.165) is 16.9 Å². The number of benzene rings is 1. The molecule has 1 aromatic heterocycles. The molecule has 114 valence electrons. The molecular formula is C13H10ClN3O4S. The summed E-state index contributed by atoms with van der Waals surface area (Å²) in [7, 11) is 0. The number of thiophene rings is 1. The van der Waals surface area contributed by atoms with Crippen molar-refractivity contribution in [3.8, 4) is 0 Å². The molecular weight excluding hydrogens is 330 g/mol. The Balaban J connectivity index is 1.86. The number of hydrogen-bond donors (Lipinski definition) is 2. The van der Waals surface area contributed by atoms with Crippen molar-refractivity contribution in [3.05, 3.63) is 62.0 Å². The summed E-state index contributed by atoms with van der Waals surface area (Å²) in [6, 6.07) is 9.28. The van der Waals surface area contributed by atoms with E-state index in [9.17, 15) is 19.7 Å². The van der Waals surface area contributed by atoms with Gasteiger partial charge in [0, 0.05) is 11.1 Å². The summed E-state index contributed by atoms with van der Waals surface area (Å²) in [5.74, 6) is -1.02. The van der Waals surface area contributed by atoms with Crippen LogP contribution in [-0.4, -0.2) is 16.7 Å². The zero-order valence-electron chi connectivity index (χ0n) is 11.0. The highest BCUT2D eigenvalue weighted by Crippen LogP contribution is 2.23. The lowest BCUT2D eigenvalue weighted by Crippen LogP contribution is -2.42. The summed E-state index contributed by atoms with van der Waals surface area (Å²) in [5, 5.41) is 11.0. The molecule has 0 saturated carbocycles. The first-order chi connectivity index (χ1) is 10.5.